The van der Waals surface area contributed by atoms with Crippen molar-refractivity contribution >= 4 is 37.6 Å². The lowest BCUT2D eigenvalue weighted by Crippen LogP contribution is -2.42. The van der Waals surface area contributed by atoms with Gasteiger partial charge in [-0.25, -0.2) is 18.1 Å². The normalized spacial score (nSPS) is 23.7. The number of nitrogens with one attached hydrogen (secondary N) is 2. The predicted octanol–water partition coefficient (Wildman–Crippen LogP) is 2.06. The predicted molar refractivity (Wildman–Crippen MR) is 73.2 cm³/mol. The standard InChI is InChI=1S/C11H12BrN3O2S/c12-7-4-5-9-10(6-7)18(16,17)15-11(14-9)13-8-2-1-3-8/h4-6,8H,1-3H2,(H2,13,14,15). The van der Waals surface area contributed by atoms with E-state index in [1.54, 1.807) is 18.2 Å². The van der Waals surface area contributed by atoms with Crippen LogP contribution < -0.4 is 10.0 Å². The molecule has 0 spiro atoms. The summed E-state index contributed by atoms with van der Waals surface area (Å²) >= 11 is 3.27. The molecule has 1 aromatic rings. The summed E-state index contributed by atoms with van der Waals surface area (Å²) in [5, 5.41) is 3.02. The molecule has 1 aliphatic heterocycles. The molecule has 0 atom stereocenters. The third kappa shape index (κ3) is 2.12. The van der Waals surface area contributed by atoms with Gasteiger partial charge in [-0.05, 0) is 37.5 Å². The Kier molecular flexibility index (Phi) is 2.82. The highest BCUT2D eigenvalue weighted by Gasteiger charge is 2.28. The van der Waals surface area contributed by atoms with Gasteiger partial charge in [0.25, 0.3) is 10.0 Å². The first-order valence-corrected chi connectivity index (χ1v) is 7.99. The van der Waals surface area contributed by atoms with Crippen molar-refractivity contribution in [3.8, 4) is 0 Å². The molecule has 1 aromatic carbocycles. The maximum Gasteiger partial charge on any atom is 0.266 e. The third-order valence-corrected chi connectivity index (χ3v) is 4.98. The second-order valence-electron chi connectivity index (χ2n) is 4.43. The lowest BCUT2D eigenvalue weighted by molar-refractivity contribution is 0.419. The summed E-state index contributed by atoms with van der Waals surface area (Å²) in [5.41, 5.74) is 0.565. The van der Waals surface area contributed by atoms with Crippen LogP contribution in [0.1, 0.15) is 19.3 Å². The van der Waals surface area contributed by atoms with Gasteiger partial charge in [-0.1, -0.05) is 15.9 Å². The maximum atomic E-state index is 12.1. The molecule has 0 amide bonds. The van der Waals surface area contributed by atoms with E-state index >= 15 is 0 Å². The van der Waals surface area contributed by atoms with E-state index < -0.39 is 10.0 Å². The van der Waals surface area contributed by atoms with Crippen LogP contribution in [0.4, 0.5) is 5.69 Å². The van der Waals surface area contributed by atoms with Crippen molar-refractivity contribution in [3.05, 3.63) is 22.7 Å². The molecule has 96 valence electrons. The molecule has 7 heteroatoms. The molecule has 2 N–H and O–H groups in total. The molecule has 0 unspecified atom stereocenters. The zero-order valence-electron chi connectivity index (χ0n) is 9.48. The smallest absolute Gasteiger partial charge is 0.266 e. The Morgan fingerprint density at radius 3 is 2.78 bits per heavy atom. The third-order valence-electron chi connectivity index (χ3n) is 3.10. The number of hydrogen-bond donors (Lipinski definition) is 2. The van der Waals surface area contributed by atoms with Crippen LogP contribution in [0.2, 0.25) is 0 Å². The zero-order chi connectivity index (χ0) is 12.8. The second-order valence-corrected chi connectivity index (χ2v) is 7.00. The van der Waals surface area contributed by atoms with Gasteiger partial charge < -0.3 is 5.32 Å². The number of guanidine groups is 1. The Hall–Kier alpha value is -1.08. The quantitative estimate of drug-likeness (QED) is 0.828. The SMILES string of the molecule is O=S1(=O)NC(=NC2CCC2)Nc2ccc(Br)cc21. The first-order chi connectivity index (χ1) is 8.54. The van der Waals surface area contributed by atoms with E-state index in [0.29, 0.717) is 11.6 Å². The highest BCUT2D eigenvalue weighted by atomic mass is 79.9. The second kappa shape index (κ2) is 4.24. The van der Waals surface area contributed by atoms with Crippen molar-refractivity contribution < 1.29 is 8.42 Å². The van der Waals surface area contributed by atoms with E-state index in [1.807, 2.05) is 0 Å². The molecular weight excluding hydrogens is 318 g/mol. The molecule has 18 heavy (non-hydrogen) atoms. The minimum atomic E-state index is -3.52. The number of benzene rings is 1. The fourth-order valence-electron chi connectivity index (χ4n) is 1.91. The minimum Gasteiger partial charge on any atom is -0.324 e. The summed E-state index contributed by atoms with van der Waals surface area (Å²) in [4.78, 5) is 4.60. The van der Waals surface area contributed by atoms with Crippen LogP contribution >= 0.6 is 15.9 Å². The Morgan fingerprint density at radius 2 is 2.11 bits per heavy atom. The Bertz CT molecular complexity index is 623. The highest BCUT2D eigenvalue weighted by molar-refractivity contribution is 9.10. The number of halogens is 1. The van der Waals surface area contributed by atoms with Crippen LogP contribution in [0.3, 0.4) is 0 Å². The monoisotopic (exact) mass is 329 g/mol. The molecule has 1 fully saturated rings. The number of fused-ring (bicyclic) bond motifs is 1. The first kappa shape index (κ1) is 12.0. The summed E-state index contributed by atoms with van der Waals surface area (Å²) < 4.78 is 27.3. The average Bonchev–Trinajstić information content (AvgIpc) is 2.24. The number of nitrogens with zero attached hydrogens (tertiary/aromatic N) is 1. The van der Waals surface area contributed by atoms with Gasteiger partial charge in [0.1, 0.15) is 4.90 Å². The van der Waals surface area contributed by atoms with Crippen LogP contribution in [-0.4, -0.2) is 20.4 Å². The van der Waals surface area contributed by atoms with Crippen molar-refractivity contribution in [2.45, 2.75) is 30.2 Å². The molecule has 0 radical (unpaired) electrons. The summed E-state index contributed by atoms with van der Waals surface area (Å²) in [7, 11) is -3.52. The van der Waals surface area contributed by atoms with Gasteiger partial charge in [-0.15, -0.1) is 0 Å². The maximum absolute atomic E-state index is 12.1. The summed E-state index contributed by atoms with van der Waals surface area (Å²) in [6.45, 7) is 0. The Labute approximate surface area is 114 Å². The summed E-state index contributed by atoms with van der Waals surface area (Å²) in [6.07, 6.45) is 3.22. The molecule has 1 heterocycles. The van der Waals surface area contributed by atoms with Gasteiger partial charge in [0.05, 0.1) is 11.7 Å². The number of aliphatic imine (C=N–C) groups is 1. The van der Waals surface area contributed by atoms with E-state index in [-0.39, 0.29) is 10.9 Å². The summed E-state index contributed by atoms with van der Waals surface area (Å²) in [5.74, 6) is 0.328. The largest absolute Gasteiger partial charge is 0.324 e. The number of hydrogen-bond acceptors (Lipinski definition) is 3. The van der Waals surface area contributed by atoms with Gasteiger partial charge in [0.15, 0.2) is 0 Å². The highest BCUT2D eigenvalue weighted by Crippen LogP contribution is 2.29. The van der Waals surface area contributed by atoms with Crippen molar-refractivity contribution in [2.24, 2.45) is 4.99 Å². The van der Waals surface area contributed by atoms with Crippen molar-refractivity contribution in [1.29, 1.82) is 0 Å². The van der Waals surface area contributed by atoms with Gasteiger partial charge in [0, 0.05) is 4.47 Å². The lowest BCUT2D eigenvalue weighted by Gasteiger charge is -2.26. The molecule has 0 aromatic heterocycles. The van der Waals surface area contributed by atoms with Crippen LogP contribution in [0, 0.1) is 0 Å². The van der Waals surface area contributed by atoms with E-state index in [9.17, 15) is 8.42 Å². The van der Waals surface area contributed by atoms with E-state index in [2.05, 4.69) is 31.0 Å². The average molecular weight is 330 g/mol. The van der Waals surface area contributed by atoms with Crippen LogP contribution in [0.5, 0.6) is 0 Å². The summed E-state index contributed by atoms with van der Waals surface area (Å²) in [6, 6.07) is 5.35. The van der Waals surface area contributed by atoms with E-state index in [1.165, 1.54) is 0 Å². The molecular formula is C11H12BrN3O2S. The number of anilines is 1. The van der Waals surface area contributed by atoms with Crippen molar-refractivity contribution in [2.75, 3.05) is 5.32 Å². The number of sulfonamides is 1. The number of rotatable bonds is 1. The topological polar surface area (TPSA) is 70.6 Å². The minimum absolute atomic E-state index is 0.240. The zero-order valence-corrected chi connectivity index (χ0v) is 11.9. The fourth-order valence-corrected chi connectivity index (χ4v) is 3.59. The molecule has 2 aliphatic rings. The Morgan fingerprint density at radius 1 is 1.33 bits per heavy atom. The molecule has 0 saturated heterocycles. The molecule has 3 rings (SSSR count). The van der Waals surface area contributed by atoms with Crippen LogP contribution in [0.25, 0.3) is 0 Å². The van der Waals surface area contributed by atoms with E-state index in [4.69, 9.17) is 0 Å². The Balaban J connectivity index is 2.00. The molecule has 1 aliphatic carbocycles. The molecule has 1 saturated carbocycles. The van der Waals surface area contributed by atoms with Gasteiger partial charge in [0.2, 0.25) is 5.96 Å². The van der Waals surface area contributed by atoms with Crippen LogP contribution in [0.15, 0.2) is 32.6 Å². The van der Waals surface area contributed by atoms with Crippen molar-refractivity contribution in [1.82, 2.24) is 4.72 Å². The van der Waals surface area contributed by atoms with Gasteiger partial charge >= 0.3 is 0 Å². The lowest BCUT2D eigenvalue weighted by atomic mass is 9.94. The molecule has 5 nitrogen and oxygen atoms in total. The van der Waals surface area contributed by atoms with Crippen molar-refractivity contribution in [3.63, 3.8) is 0 Å². The van der Waals surface area contributed by atoms with Gasteiger partial charge in [-0.3, -0.25) is 0 Å². The first-order valence-electron chi connectivity index (χ1n) is 5.72. The van der Waals surface area contributed by atoms with Gasteiger partial charge in [-0.2, -0.15) is 0 Å². The fraction of sp³-hybridized carbons (Fsp3) is 0.364. The van der Waals surface area contributed by atoms with Crippen LogP contribution in [-0.2, 0) is 10.0 Å². The van der Waals surface area contributed by atoms with E-state index in [0.717, 1.165) is 23.7 Å². The molecule has 0 bridgehead atoms.